The van der Waals surface area contributed by atoms with Crippen LogP contribution in [0.1, 0.15) is 16.1 Å². The number of alkyl halides is 3. The number of ether oxygens (including phenoxy) is 1. The SMILES string of the molecule is COc1ccccc1Nc1ccc(NC(=O)c2cc(=O)n(-c3ccc(C)cc3)[nH]2)cc1.O=C(O)C(F)(F)F. The van der Waals surface area contributed by atoms with Gasteiger partial charge in [0, 0.05) is 17.4 Å². The summed E-state index contributed by atoms with van der Waals surface area (Å²) < 4.78 is 38.4. The largest absolute Gasteiger partial charge is 0.495 e. The number of carbonyl (C=O) groups is 2. The fraction of sp³-hybridized carbons (Fsp3) is 0.115. The van der Waals surface area contributed by atoms with Gasteiger partial charge in [0.25, 0.3) is 11.5 Å². The number of aromatic amines is 1. The van der Waals surface area contributed by atoms with E-state index in [9.17, 15) is 22.8 Å². The van der Waals surface area contributed by atoms with Crippen molar-refractivity contribution in [2.24, 2.45) is 0 Å². The van der Waals surface area contributed by atoms with Crippen molar-refractivity contribution in [2.75, 3.05) is 17.7 Å². The van der Waals surface area contributed by atoms with E-state index in [0.29, 0.717) is 11.4 Å². The zero-order chi connectivity index (χ0) is 27.9. The zero-order valence-electron chi connectivity index (χ0n) is 20.2. The molecule has 0 bridgehead atoms. The lowest BCUT2D eigenvalue weighted by Crippen LogP contribution is -2.21. The zero-order valence-corrected chi connectivity index (χ0v) is 20.2. The minimum atomic E-state index is -5.08. The molecule has 0 unspecified atom stereocenters. The van der Waals surface area contributed by atoms with Crippen molar-refractivity contribution in [1.82, 2.24) is 9.78 Å². The molecule has 1 amide bonds. The first-order chi connectivity index (χ1) is 18.0. The highest BCUT2D eigenvalue weighted by molar-refractivity contribution is 6.02. The first-order valence-corrected chi connectivity index (χ1v) is 11.0. The van der Waals surface area contributed by atoms with Gasteiger partial charge >= 0.3 is 12.1 Å². The van der Waals surface area contributed by atoms with Crippen molar-refractivity contribution in [1.29, 1.82) is 0 Å². The number of benzene rings is 3. The number of carboxylic acids is 1. The summed E-state index contributed by atoms with van der Waals surface area (Å²) >= 11 is 0. The van der Waals surface area contributed by atoms with Gasteiger partial charge in [-0.05, 0) is 55.5 Å². The third kappa shape index (κ3) is 7.26. The number of hydrogen-bond donors (Lipinski definition) is 4. The summed E-state index contributed by atoms with van der Waals surface area (Å²) in [5, 5.41) is 16.1. The molecule has 12 heteroatoms. The minimum Gasteiger partial charge on any atom is -0.495 e. The van der Waals surface area contributed by atoms with Crippen LogP contribution in [0.4, 0.5) is 30.2 Å². The highest BCUT2D eigenvalue weighted by Crippen LogP contribution is 2.27. The molecule has 0 atom stereocenters. The summed E-state index contributed by atoms with van der Waals surface area (Å²) in [6.45, 7) is 1.97. The van der Waals surface area contributed by atoms with E-state index in [1.807, 2.05) is 67.6 Å². The van der Waals surface area contributed by atoms with Gasteiger partial charge in [-0.1, -0.05) is 29.8 Å². The second-order valence-corrected chi connectivity index (χ2v) is 7.84. The summed E-state index contributed by atoms with van der Waals surface area (Å²) in [5.74, 6) is -2.41. The lowest BCUT2D eigenvalue weighted by Gasteiger charge is -2.11. The first-order valence-electron chi connectivity index (χ1n) is 11.0. The van der Waals surface area contributed by atoms with Crippen molar-refractivity contribution >= 4 is 28.9 Å². The van der Waals surface area contributed by atoms with E-state index in [-0.39, 0.29) is 11.3 Å². The van der Waals surface area contributed by atoms with Gasteiger partial charge in [0.15, 0.2) is 0 Å². The summed E-state index contributed by atoms with van der Waals surface area (Å²) in [4.78, 5) is 33.8. The monoisotopic (exact) mass is 528 g/mol. The molecule has 38 heavy (non-hydrogen) atoms. The highest BCUT2D eigenvalue weighted by atomic mass is 19.4. The second-order valence-electron chi connectivity index (χ2n) is 7.84. The van der Waals surface area contributed by atoms with E-state index in [1.54, 1.807) is 19.2 Å². The van der Waals surface area contributed by atoms with Crippen molar-refractivity contribution in [3.05, 3.63) is 100 Å². The van der Waals surface area contributed by atoms with E-state index in [4.69, 9.17) is 14.6 Å². The quantitative estimate of drug-likeness (QED) is 0.276. The number of nitrogens with one attached hydrogen (secondary N) is 3. The van der Waals surface area contributed by atoms with E-state index in [2.05, 4.69) is 15.7 Å². The number of nitrogens with zero attached hydrogens (tertiary/aromatic N) is 1. The summed E-state index contributed by atoms with van der Waals surface area (Å²) in [7, 11) is 1.62. The number of hydrogen-bond acceptors (Lipinski definition) is 5. The number of amides is 1. The van der Waals surface area contributed by atoms with Crippen LogP contribution < -0.4 is 20.9 Å². The molecule has 0 fully saturated rings. The molecule has 4 aromatic rings. The Balaban J connectivity index is 0.000000505. The van der Waals surface area contributed by atoms with Crippen LogP contribution in [0.3, 0.4) is 0 Å². The molecule has 0 aliphatic heterocycles. The third-order valence-electron chi connectivity index (χ3n) is 5.03. The highest BCUT2D eigenvalue weighted by Gasteiger charge is 2.38. The van der Waals surface area contributed by atoms with Gasteiger partial charge in [-0.3, -0.25) is 14.7 Å². The maximum Gasteiger partial charge on any atom is 0.490 e. The van der Waals surface area contributed by atoms with Crippen molar-refractivity contribution in [3.63, 3.8) is 0 Å². The van der Waals surface area contributed by atoms with E-state index in [1.165, 1.54) is 10.7 Å². The first kappa shape index (κ1) is 27.6. The van der Waals surface area contributed by atoms with Crippen LogP contribution in [0.2, 0.25) is 0 Å². The molecule has 9 nitrogen and oxygen atoms in total. The number of H-pyrrole nitrogens is 1. The van der Waals surface area contributed by atoms with Gasteiger partial charge in [0.1, 0.15) is 11.4 Å². The summed E-state index contributed by atoms with van der Waals surface area (Å²) in [6.07, 6.45) is -5.08. The van der Waals surface area contributed by atoms with Crippen molar-refractivity contribution in [2.45, 2.75) is 13.1 Å². The van der Waals surface area contributed by atoms with Gasteiger partial charge < -0.3 is 20.5 Å². The summed E-state index contributed by atoms with van der Waals surface area (Å²) in [5.41, 5.74) is 3.94. The number of anilines is 3. The molecule has 1 heterocycles. The van der Waals surface area contributed by atoms with Gasteiger partial charge in [0.05, 0.1) is 18.5 Å². The number of para-hydroxylation sites is 2. The molecule has 0 spiro atoms. The third-order valence-corrected chi connectivity index (χ3v) is 5.03. The van der Waals surface area contributed by atoms with Gasteiger partial charge in [-0.15, -0.1) is 0 Å². The Hall–Kier alpha value is -5.00. The number of methoxy groups -OCH3 is 1. The molecule has 0 radical (unpaired) electrons. The predicted octanol–water partition coefficient (Wildman–Crippen LogP) is 5.11. The van der Waals surface area contributed by atoms with E-state index >= 15 is 0 Å². The second kappa shape index (κ2) is 11.8. The molecular formula is C26H23F3N4O5. The maximum absolute atomic E-state index is 12.6. The molecule has 0 saturated heterocycles. The number of carboxylic acid groups (broad SMARTS) is 1. The molecule has 1 aromatic heterocycles. The van der Waals surface area contributed by atoms with Crippen LogP contribution >= 0.6 is 0 Å². The Bertz CT molecular complexity index is 1460. The number of halogens is 3. The molecule has 0 aliphatic carbocycles. The van der Waals surface area contributed by atoms with Crippen LogP contribution in [0.5, 0.6) is 5.75 Å². The predicted molar refractivity (Wildman–Crippen MR) is 135 cm³/mol. The topological polar surface area (TPSA) is 125 Å². The summed E-state index contributed by atoms with van der Waals surface area (Å²) in [6, 6.07) is 23.6. The van der Waals surface area contributed by atoms with E-state index in [0.717, 1.165) is 22.7 Å². The number of aliphatic carboxylic acids is 1. The molecular weight excluding hydrogens is 505 g/mol. The Morgan fingerprint density at radius 1 is 0.947 bits per heavy atom. The fourth-order valence-corrected chi connectivity index (χ4v) is 3.14. The number of aromatic nitrogens is 2. The standard InChI is InChI=1S/C24H22N4O3.C2HF3O2/c1-16-7-13-19(14-8-16)28-23(29)15-21(27-28)24(30)26-18-11-9-17(10-12-18)25-20-5-3-4-6-22(20)31-2;3-2(4,5)1(6)7/h3-15,25,27H,1-2H3,(H,26,30);(H,6,7). The van der Waals surface area contributed by atoms with Crippen molar-refractivity contribution in [3.8, 4) is 11.4 Å². The van der Waals surface area contributed by atoms with E-state index < -0.39 is 18.1 Å². The van der Waals surface area contributed by atoms with Crippen LogP contribution in [-0.2, 0) is 4.79 Å². The molecule has 4 rings (SSSR count). The van der Waals surface area contributed by atoms with Crippen LogP contribution in [0, 0.1) is 6.92 Å². The molecule has 0 aliphatic rings. The molecule has 4 N–H and O–H groups in total. The van der Waals surface area contributed by atoms with Gasteiger partial charge in [-0.2, -0.15) is 13.2 Å². The molecule has 3 aromatic carbocycles. The smallest absolute Gasteiger partial charge is 0.490 e. The number of carbonyl (C=O) groups excluding carboxylic acids is 1. The van der Waals surface area contributed by atoms with Gasteiger partial charge in [0.2, 0.25) is 0 Å². The average molecular weight is 528 g/mol. The Labute approximate surface area is 214 Å². The number of aryl methyl sites for hydroxylation is 1. The lowest BCUT2D eigenvalue weighted by molar-refractivity contribution is -0.192. The number of rotatable bonds is 6. The Kier molecular flexibility index (Phi) is 8.58. The van der Waals surface area contributed by atoms with Crippen LogP contribution in [-0.4, -0.2) is 40.0 Å². The van der Waals surface area contributed by atoms with Crippen molar-refractivity contribution < 1.29 is 32.6 Å². The molecule has 0 saturated carbocycles. The van der Waals surface area contributed by atoms with Crippen LogP contribution in [0.25, 0.3) is 5.69 Å². The molecule has 198 valence electrons. The minimum absolute atomic E-state index is 0.182. The average Bonchev–Trinajstić information content (AvgIpc) is 3.27. The normalized spacial score (nSPS) is 10.7. The maximum atomic E-state index is 12.6. The fourth-order valence-electron chi connectivity index (χ4n) is 3.14. The Morgan fingerprint density at radius 3 is 2.11 bits per heavy atom. The lowest BCUT2D eigenvalue weighted by atomic mass is 10.2. The Morgan fingerprint density at radius 2 is 1.53 bits per heavy atom. The van der Waals surface area contributed by atoms with Crippen LogP contribution in [0.15, 0.2) is 83.7 Å². The van der Waals surface area contributed by atoms with Gasteiger partial charge in [-0.25, -0.2) is 9.48 Å².